The fourth-order valence-electron chi connectivity index (χ4n) is 2.34. The number of nitrogens with one attached hydrogen (secondary N) is 2. The molecule has 2 amide bonds. The molecule has 3 aromatic rings. The molecular formula is C17H16N4O3. The fraction of sp³-hybridized carbons (Fsp3) is 0.118. The van der Waals surface area contributed by atoms with Crippen molar-refractivity contribution in [2.24, 2.45) is 12.1 Å². The van der Waals surface area contributed by atoms with Crippen LogP contribution in [0.1, 0.15) is 16.1 Å². The smallest absolute Gasteiger partial charge is 0.287 e. The number of para-hydroxylation sites is 1. The maximum atomic E-state index is 11.7. The molecule has 0 aliphatic carbocycles. The number of fused-ring (bicyclic) bond motifs is 1. The minimum Gasteiger partial charge on any atom is -0.459 e. The van der Waals surface area contributed by atoms with Crippen molar-refractivity contribution in [1.29, 1.82) is 0 Å². The van der Waals surface area contributed by atoms with Crippen molar-refractivity contribution in [3.05, 3.63) is 60.2 Å². The highest BCUT2D eigenvalue weighted by molar-refractivity contribution is 6.00. The van der Waals surface area contributed by atoms with Crippen molar-refractivity contribution in [2.75, 3.05) is 6.54 Å². The Morgan fingerprint density at radius 2 is 2.08 bits per heavy atom. The van der Waals surface area contributed by atoms with E-state index in [1.165, 1.54) is 12.3 Å². The molecule has 0 saturated carbocycles. The Kier molecular flexibility index (Phi) is 4.42. The molecule has 0 atom stereocenters. The standard InChI is InChI=1S/C17H16N4O3/c1-21-11-12(13-5-2-3-6-14(13)21)9-19-20-16(22)10-18-17(23)15-7-4-8-24-15/h2-9,11H,10H2,1H3,(H,18,23)(H,20,22)/b19-9+. The summed E-state index contributed by atoms with van der Waals surface area (Å²) in [6.45, 7) is -0.188. The molecule has 2 heterocycles. The van der Waals surface area contributed by atoms with Crippen molar-refractivity contribution >= 4 is 28.9 Å². The van der Waals surface area contributed by atoms with Gasteiger partial charge in [-0.1, -0.05) is 18.2 Å². The Morgan fingerprint density at radius 1 is 1.25 bits per heavy atom. The van der Waals surface area contributed by atoms with E-state index in [1.54, 1.807) is 12.3 Å². The molecule has 0 saturated heterocycles. The number of hydrogen-bond acceptors (Lipinski definition) is 4. The van der Waals surface area contributed by atoms with Gasteiger partial charge in [0.15, 0.2) is 5.76 Å². The van der Waals surface area contributed by atoms with Gasteiger partial charge in [-0.15, -0.1) is 0 Å². The molecule has 0 fully saturated rings. The number of carbonyl (C=O) groups is 2. The molecule has 2 aromatic heterocycles. The first kappa shape index (κ1) is 15.5. The summed E-state index contributed by atoms with van der Waals surface area (Å²) in [7, 11) is 1.95. The van der Waals surface area contributed by atoms with Crippen LogP contribution < -0.4 is 10.7 Å². The number of aryl methyl sites for hydroxylation is 1. The summed E-state index contributed by atoms with van der Waals surface area (Å²) in [6, 6.07) is 11.0. The molecule has 0 spiro atoms. The third kappa shape index (κ3) is 3.35. The average molecular weight is 324 g/mol. The first-order chi connectivity index (χ1) is 11.6. The second-order valence-corrected chi connectivity index (χ2v) is 5.17. The van der Waals surface area contributed by atoms with E-state index in [-0.39, 0.29) is 12.3 Å². The number of benzene rings is 1. The van der Waals surface area contributed by atoms with Crippen LogP contribution in [0.3, 0.4) is 0 Å². The van der Waals surface area contributed by atoms with Crippen molar-refractivity contribution in [1.82, 2.24) is 15.3 Å². The average Bonchev–Trinajstić information content (AvgIpc) is 3.22. The topological polar surface area (TPSA) is 88.6 Å². The number of carbonyl (C=O) groups excluding carboxylic acids is 2. The van der Waals surface area contributed by atoms with Gasteiger partial charge in [0.1, 0.15) is 0 Å². The normalized spacial score (nSPS) is 11.0. The van der Waals surface area contributed by atoms with Gasteiger partial charge in [0.2, 0.25) is 0 Å². The molecule has 2 N–H and O–H groups in total. The lowest BCUT2D eigenvalue weighted by molar-refractivity contribution is -0.120. The molecule has 0 aliphatic rings. The van der Waals surface area contributed by atoms with Crippen LogP contribution in [-0.2, 0) is 11.8 Å². The summed E-state index contributed by atoms with van der Waals surface area (Å²) in [5, 5.41) is 7.42. The summed E-state index contributed by atoms with van der Waals surface area (Å²) in [6.07, 6.45) is 4.90. The van der Waals surface area contributed by atoms with Crippen LogP contribution in [0.15, 0.2) is 58.4 Å². The van der Waals surface area contributed by atoms with E-state index in [1.807, 2.05) is 42.1 Å². The molecule has 0 aliphatic heterocycles. The predicted molar refractivity (Wildman–Crippen MR) is 89.7 cm³/mol. The molecule has 7 heteroatoms. The van der Waals surface area contributed by atoms with Crippen molar-refractivity contribution in [2.45, 2.75) is 0 Å². The molecule has 7 nitrogen and oxygen atoms in total. The number of amides is 2. The summed E-state index contributed by atoms with van der Waals surface area (Å²) in [5.41, 5.74) is 4.36. The van der Waals surface area contributed by atoms with Crippen LogP contribution in [0.4, 0.5) is 0 Å². The number of hydrazone groups is 1. The van der Waals surface area contributed by atoms with Gasteiger partial charge in [0.05, 0.1) is 19.0 Å². The van der Waals surface area contributed by atoms with Gasteiger partial charge in [0, 0.05) is 29.7 Å². The van der Waals surface area contributed by atoms with Crippen molar-refractivity contribution < 1.29 is 14.0 Å². The molecule has 24 heavy (non-hydrogen) atoms. The molecule has 0 bridgehead atoms. The lowest BCUT2D eigenvalue weighted by Crippen LogP contribution is -2.34. The van der Waals surface area contributed by atoms with Crippen LogP contribution in [0.5, 0.6) is 0 Å². The van der Waals surface area contributed by atoms with Gasteiger partial charge in [-0.05, 0) is 18.2 Å². The molecule has 0 radical (unpaired) electrons. The zero-order valence-corrected chi connectivity index (χ0v) is 13.0. The minimum atomic E-state index is -0.451. The van der Waals surface area contributed by atoms with Crippen LogP contribution in [0.25, 0.3) is 10.9 Å². The fourth-order valence-corrected chi connectivity index (χ4v) is 2.34. The summed E-state index contributed by atoms with van der Waals surface area (Å²) in [4.78, 5) is 23.3. The largest absolute Gasteiger partial charge is 0.459 e. The molecule has 1 aromatic carbocycles. The van der Waals surface area contributed by atoms with E-state index >= 15 is 0 Å². The maximum absolute atomic E-state index is 11.7. The SMILES string of the molecule is Cn1cc(/C=N/NC(=O)CNC(=O)c2ccco2)c2ccccc21. The molecular weight excluding hydrogens is 308 g/mol. The second kappa shape index (κ2) is 6.82. The van der Waals surface area contributed by atoms with Gasteiger partial charge in [-0.3, -0.25) is 9.59 Å². The van der Waals surface area contributed by atoms with E-state index in [2.05, 4.69) is 15.8 Å². The van der Waals surface area contributed by atoms with Crippen molar-refractivity contribution in [3.8, 4) is 0 Å². The zero-order valence-electron chi connectivity index (χ0n) is 13.0. The summed E-state index contributed by atoms with van der Waals surface area (Å²) in [5.74, 6) is -0.721. The van der Waals surface area contributed by atoms with E-state index in [0.717, 1.165) is 16.5 Å². The second-order valence-electron chi connectivity index (χ2n) is 5.17. The summed E-state index contributed by atoms with van der Waals surface area (Å²) >= 11 is 0. The minimum absolute atomic E-state index is 0.155. The Labute approximate surface area is 137 Å². The molecule has 3 rings (SSSR count). The van der Waals surface area contributed by atoms with E-state index in [0.29, 0.717) is 0 Å². The monoisotopic (exact) mass is 324 g/mol. The maximum Gasteiger partial charge on any atom is 0.287 e. The highest BCUT2D eigenvalue weighted by atomic mass is 16.3. The van der Waals surface area contributed by atoms with Gasteiger partial charge < -0.3 is 14.3 Å². The zero-order chi connectivity index (χ0) is 16.9. The summed E-state index contributed by atoms with van der Waals surface area (Å²) < 4.78 is 6.92. The molecule has 0 unspecified atom stereocenters. The highest BCUT2D eigenvalue weighted by Crippen LogP contribution is 2.18. The Morgan fingerprint density at radius 3 is 2.88 bits per heavy atom. The third-order valence-corrected chi connectivity index (χ3v) is 3.48. The Bertz CT molecular complexity index is 894. The number of rotatable bonds is 5. The van der Waals surface area contributed by atoms with Gasteiger partial charge >= 0.3 is 0 Å². The number of nitrogens with zero attached hydrogens (tertiary/aromatic N) is 2. The van der Waals surface area contributed by atoms with Crippen LogP contribution in [-0.4, -0.2) is 29.1 Å². The molecule has 122 valence electrons. The number of furan rings is 1. The van der Waals surface area contributed by atoms with Gasteiger partial charge in [0.25, 0.3) is 11.8 Å². The van der Waals surface area contributed by atoms with E-state index < -0.39 is 11.8 Å². The highest BCUT2D eigenvalue weighted by Gasteiger charge is 2.09. The number of aromatic nitrogens is 1. The van der Waals surface area contributed by atoms with Crippen LogP contribution >= 0.6 is 0 Å². The number of hydrogen-bond donors (Lipinski definition) is 2. The first-order valence-electron chi connectivity index (χ1n) is 7.33. The first-order valence-corrected chi connectivity index (χ1v) is 7.33. The van der Waals surface area contributed by atoms with Gasteiger partial charge in [-0.2, -0.15) is 5.10 Å². The predicted octanol–water partition coefficient (Wildman–Crippen LogP) is 1.65. The van der Waals surface area contributed by atoms with Crippen LogP contribution in [0.2, 0.25) is 0 Å². The van der Waals surface area contributed by atoms with Crippen LogP contribution in [0, 0.1) is 0 Å². The Hall–Kier alpha value is -3.35. The lowest BCUT2D eigenvalue weighted by atomic mass is 10.2. The quantitative estimate of drug-likeness (QED) is 0.552. The lowest BCUT2D eigenvalue weighted by Gasteiger charge is -2.01. The van der Waals surface area contributed by atoms with Gasteiger partial charge in [-0.25, -0.2) is 5.43 Å². The third-order valence-electron chi connectivity index (χ3n) is 3.48. The Balaban J connectivity index is 1.55. The van der Waals surface area contributed by atoms with E-state index in [4.69, 9.17) is 4.42 Å². The van der Waals surface area contributed by atoms with E-state index in [9.17, 15) is 9.59 Å². The van der Waals surface area contributed by atoms with Crippen molar-refractivity contribution in [3.63, 3.8) is 0 Å².